The Kier molecular flexibility index (Phi) is 3.87. The van der Waals surface area contributed by atoms with Crippen molar-refractivity contribution in [3.05, 3.63) is 36.2 Å². The van der Waals surface area contributed by atoms with E-state index >= 15 is 0 Å². The Balaban J connectivity index is 1.71. The van der Waals surface area contributed by atoms with Crippen molar-refractivity contribution >= 4 is 0 Å². The second-order valence-electron chi connectivity index (χ2n) is 5.62. The predicted octanol–water partition coefficient (Wildman–Crippen LogP) is 2.21. The number of hydrogen-bond donors (Lipinski definition) is 1. The average molecular weight is 273 g/mol. The molecule has 2 aromatic heterocycles. The zero-order valence-corrected chi connectivity index (χ0v) is 12.3. The first-order valence-corrected chi connectivity index (χ1v) is 7.51. The molecule has 1 atom stereocenters. The van der Waals surface area contributed by atoms with E-state index in [1.54, 1.807) is 6.33 Å². The highest BCUT2D eigenvalue weighted by atomic mass is 15.3. The first-order valence-electron chi connectivity index (χ1n) is 7.51. The Bertz CT molecular complexity index is 552. The van der Waals surface area contributed by atoms with Crippen LogP contribution >= 0.6 is 0 Å². The van der Waals surface area contributed by atoms with Gasteiger partial charge in [0.25, 0.3) is 0 Å². The number of aryl methyl sites for hydroxylation is 1. The molecule has 0 bridgehead atoms. The number of rotatable bonds is 7. The zero-order valence-electron chi connectivity index (χ0n) is 12.3. The zero-order chi connectivity index (χ0) is 13.9. The van der Waals surface area contributed by atoms with E-state index in [-0.39, 0.29) is 0 Å². The lowest BCUT2D eigenvalue weighted by atomic mass is 10.1. The van der Waals surface area contributed by atoms with Crippen LogP contribution in [0.3, 0.4) is 0 Å². The van der Waals surface area contributed by atoms with Gasteiger partial charge < -0.3 is 9.88 Å². The van der Waals surface area contributed by atoms with Gasteiger partial charge in [-0.05, 0) is 43.9 Å². The maximum atomic E-state index is 4.37. The molecule has 3 rings (SSSR count). The minimum Gasteiger partial charge on any atom is -0.346 e. The molecule has 0 spiro atoms. The van der Waals surface area contributed by atoms with Gasteiger partial charge in [0.15, 0.2) is 0 Å². The van der Waals surface area contributed by atoms with Crippen molar-refractivity contribution in [2.24, 2.45) is 5.92 Å². The Morgan fingerprint density at radius 2 is 2.30 bits per heavy atom. The van der Waals surface area contributed by atoms with E-state index in [4.69, 9.17) is 0 Å². The lowest BCUT2D eigenvalue weighted by molar-refractivity contribution is 0.526. The molecule has 2 aromatic rings. The quantitative estimate of drug-likeness (QED) is 0.841. The van der Waals surface area contributed by atoms with Gasteiger partial charge in [-0.1, -0.05) is 6.92 Å². The molecular formula is C15H23N5. The van der Waals surface area contributed by atoms with Crippen molar-refractivity contribution in [1.82, 2.24) is 24.6 Å². The molecular weight excluding hydrogens is 250 g/mol. The predicted molar refractivity (Wildman–Crippen MR) is 78.4 cm³/mol. The molecule has 1 saturated carbocycles. The number of hydrogen-bond acceptors (Lipinski definition) is 3. The van der Waals surface area contributed by atoms with Crippen LogP contribution in [0.2, 0.25) is 0 Å². The first-order chi connectivity index (χ1) is 9.81. The van der Waals surface area contributed by atoms with Gasteiger partial charge in [-0.2, -0.15) is 5.10 Å². The lowest BCUT2D eigenvalue weighted by Crippen LogP contribution is -2.17. The molecule has 1 aliphatic rings. The molecule has 0 saturated heterocycles. The van der Waals surface area contributed by atoms with Crippen LogP contribution in [0.1, 0.15) is 43.6 Å². The molecule has 2 heterocycles. The Morgan fingerprint density at radius 3 is 3.00 bits per heavy atom. The van der Waals surface area contributed by atoms with E-state index in [1.807, 2.05) is 4.68 Å². The van der Waals surface area contributed by atoms with Crippen LogP contribution in [0.4, 0.5) is 0 Å². The SMILES string of the molecule is CCCn1ncnc1Cn1ccc(C(NC)C2CC2)c1. The molecule has 1 N–H and O–H groups in total. The molecule has 0 amide bonds. The van der Waals surface area contributed by atoms with Crippen LogP contribution in [0, 0.1) is 5.92 Å². The van der Waals surface area contributed by atoms with E-state index < -0.39 is 0 Å². The Morgan fingerprint density at radius 1 is 1.45 bits per heavy atom. The molecule has 0 aromatic carbocycles. The van der Waals surface area contributed by atoms with Crippen LogP contribution in [0.15, 0.2) is 24.8 Å². The minimum atomic E-state index is 0.504. The molecule has 20 heavy (non-hydrogen) atoms. The van der Waals surface area contributed by atoms with Gasteiger partial charge in [0.2, 0.25) is 0 Å². The summed E-state index contributed by atoms with van der Waals surface area (Å²) in [5.41, 5.74) is 1.39. The smallest absolute Gasteiger partial charge is 0.146 e. The van der Waals surface area contributed by atoms with Crippen molar-refractivity contribution in [1.29, 1.82) is 0 Å². The van der Waals surface area contributed by atoms with Gasteiger partial charge in [0.1, 0.15) is 12.2 Å². The fourth-order valence-corrected chi connectivity index (χ4v) is 2.82. The molecule has 0 aliphatic heterocycles. The summed E-state index contributed by atoms with van der Waals surface area (Å²) in [5.74, 6) is 1.85. The van der Waals surface area contributed by atoms with Gasteiger partial charge in [0, 0.05) is 25.0 Å². The third kappa shape index (κ3) is 2.77. The highest BCUT2D eigenvalue weighted by molar-refractivity contribution is 5.18. The first kappa shape index (κ1) is 13.4. The topological polar surface area (TPSA) is 47.7 Å². The van der Waals surface area contributed by atoms with E-state index in [2.05, 4.69) is 52.4 Å². The molecule has 1 fully saturated rings. The minimum absolute atomic E-state index is 0.504. The molecule has 1 unspecified atom stereocenters. The molecule has 0 radical (unpaired) electrons. The summed E-state index contributed by atoms with van der Waals surface area (Å²) in [6.07, 6.45) is 9.81. The van der Waals surface area contributed by atoms with Gasteiger partial charge in [-0.15, -0.1) is 0 Å². The third-order valence-corrected chi connectivity index (χ3v) is 3.99. The Labute approximate surface area is 120 Å². The highest BCUT2D eigenvalue weighted by Crippen LogP contribution is 2.40. The average Bonchev–Trinajstić information content (AvgIpc) is 3.02. The molecule has 108 valence electrons. The van der Waals surface area contributed by atoms with Crippen LogP contribution in [0.25, 0.3) is 0 Å². The van der Waals surface area contributed by atoms with Crippen molar-refractivity contribution in [3.8, 4) is 0 Å². The normalized spacial score (nSPS) is 16.5. The summed E-state index contributed by atoms with van der Waals surface area (Å²) in [7, 11) is 2.05. The van der Waals surface area contributed by atoms with Gasteiger partial charge in [-0.3, -0.25) is 0 Å². The molecule has 5 nitrogen and oxygen atoms in total. The summed E-state index contributed by atoms with van der Waals surface area (Å²) < 4.78 is 4.20. The van der Waals surface area contributed by atoms with E-state index in [9.17, 15) is 0 Å². The van der Waals surface area contributed by atoms with E-state index in [1.165, 1.54) is 18.4 Å². The van der Waals surface area contributed by atoms with Crippen molar-refractivity contribution in [2.45, 2.75) is 45.3 Å². The Hall–Kier alpha value is -1.62. The van der Waals surface area contributed by atoms with Crippen LogP contribution in [-0.2, 0) is 13.1 Å². The number of aromatic nitrogens is 4. The summed E-state index contributed by atoms with van der Waals surface area (Å²) in [6.45, 7) is 3.89. The van der Waals surface area contributed by atoms with Crippen molar-refractivity contribution in [3.63, 3.8) is 0 Å². The van der Waals surface area contributed by atoms with E-state index in [0.717, 1.165) is 31.3 Å². The van der Waals surface area contributed by atoms with E-state index in [0.29, 0.717) is 6.04 Å². The van der Waals surface area contributed by atoms with Crippen molar-refractivity contribution < 1.29 is 0 Å². The third-order valence-electron chi connectivity index (χ3n) is 3.99. The fraction of sp³-hybridized carbons (Fsp3) is 0.600. The van der Waals surface area contributed by atoms with Gasteiger partial charge in [-0.25, -0.2) is 9.67 Å². The molecule has 1 aliphatic carbocycles. The second-order valence-corrected chi connectivity index (χ2v) is 5.62. The van der Waals surface area contributed by atoms with Crippen molar-refractivity contribution in [2.75, 3.05) is 7.05 Å². The highest BCUT2D eigenvalue weighted by Gasteiger charge is 2.31. The maximum absolute atomic E-state index is 4.37. The maximum Gasteiger partial charge on any atom is 0.146 e. The van der Waals surface area contributed by atoms with Crippen LogP contribution < -0.4 is 5.32 Å². The summed E-state index contributed by atoms with van der Waals surface area (Å²) in [6, 6.07) is 2.73. The largest absolute Gasteiger partial charge is 0.346 e. The number of nitrogens with one attached hydrogen (secondary N) is 1. The summed E-state index contributed by atoms with van der Waals surface area (Å²) >= 11 is 0. The van der Waals surface area contributed by atoms with Crippen LogP contribution in [0.5, 0.6) is 0 Å². The fourth-order valence-electron chi connectivity index (χ4n) is 2.82. The van der Waals surface area contributed by atoms with Gasteiger partial charge >= 0.3 is 0 Å². The molecule has 5 heteroatoms. The number of nitrogens with zero attached hydrogens (tertiary/aromatic N) is 4. The van der Waals surface area contributed by atoms with Gasteiger partial charge in [0.05, 0.1) is 6.54 Å². The standard InChI is InChI=1S/C15H23N5/c1-3-7-20-14(17-11-18-20)10-19-8-6-13(9-19)15(16-2)12-4-5-12/h6,8-9,11-12,15-16H,3-5,7,10H2,1-2H3. The monoisotopic (exact) mass is 273 g/mol. The second kappa shape index (κ2) is 5.79. The summed E-state index contributed by atoms with van der Waals surface area (Å²) in [5, 5.41) is 7.72. The summed E-state index contributed by atoms with van der Waals surface area (Å²) in [4.78, 5) is 4.37. The van der Waals surface area contributed by atoms with Crippen LogP contribution in [-0.4, -0.2) is 26.4 Å². The lowest BCUT2D eigenvalue weighted by Gasteiger charge is -2.13.